The average molecular weight is 361 g/mol. The van der Waals surface area contributed by atoms with Gasteiger partial charge in [-0.25, -0.2) is 4.98 Å². The molecule has 6 nitrogen and oxygen atoms in total. The zero-order chi connectivity index (χ0) is 18.9. The number of nitrogens with zero attached hydrogens (tertiary/aromatic N) is 2. The van der Waals surface area contributed by atoms with Crippen molar-refractivity contribution in [3.05, 3.63) is 83.4 Å². The molecule has 136 valence electrons. The van der Waals surface area contributed by atoms with E-state index in [4.69, 9.17) is 4.74 Å². The zero-order valence-corrected chi connectivity index (χ0v) is 14.8. The number of ether oxygens (including phenoxy) is 1. The monoisotopic (exact) mass is 361 g/mol. The molecule has 0 saturated heterocycles. The fraction of sp³-hybridized carbons (Fsp3) is 0.190. The molecule has 0 aliphatic carbocycles. The molecule has 0 spiro atoms. The molecule has 1 atom stereocenters. The van der Waals surface area contributed by atoms with Gasteiger partial charge in [-0.15, -0.1) is 0 Å². The van der Waals surface area contributed by atoms with Crippen LogP contribution in [0.3, 0.4) is 0 Å². The van der Waals surface area contributed by atoms with Gasteiger partial charge in [0.1, 0.15) is 28.4 Å². The topological polar surface area (TPSA) is 84.3 Å². The quantitative estimate of drug-likeness (QED) is 0.749. The Labute approximate surface area is 156 Å². The number of aryl methyl sites for hydroxylation is 1. The molecule has 4 rings (SSSR count). The van der Waals surface area contributed by atoms with Crippen molar-refractivity contribution in [3.63, 3.8) is 0 Å². The van der Waals surface area contributed by atoms with Gasteiger partial charge in [0.15, 0.2) is 0 Å². The fourth-order valence-electron chi connectivity index (χ4n) is 3.35. The third-order valence-corrected chi connectivity index (χ3v) is 4.76. The molecule has 2 N–H and O–H groups in total. The predicted molar refractivity (Wildman–Crippen MR) is 99.7 cm³/mol. The summed E-state index contributed by atoms with van der Waals surface area (Å²) in [4.78, 5) is 21.5. The fourth-order valence-corrected chi connectivity index (χ4v) is 3.35. The van der Waals surface area contributed by atoms with Crippen LogP contribution in [0.15, 0.2) is 60.9 Å². The Balaban J connectivity index is 1.81. The molecule has 3 aromatic rings. The number of rotatable bonds is 3. The minimum atomic E-state index is -0.820. The molecule has 0 bridgehead atoms. The molecule has 1 aliphatic rings. The van der Waals surface area contributed by atoms with Crippen molar-refractivity contribution in [2.24, 2.45) is 0 Å². The maximum atomic E-state index is 13.0. The van der Waals surface area contributed by atoms with E-state index in [0.29, 0.717) is 24.5 Å². The van der Waals surface area contributed by atoms with Crippen LogP contribution in [0, 0.1) is 6.92 Å². The summed E-state index contributed by atoms with van der Waals surface area (Å²) in [5.74, 6) is 0.329. The number of carbonyl (C=O) groups is 1. The molecule has 0 fully saturated rings. The Bertz CT molecular complexity index is 971. The Morgan fingerprint density at radius 3 is 2.70 bits per heavy atom. The molecule has 1 aliphatic heterocycles. The van der Waals surface area contributed by atoms with Gasteiger partial charge in [0.05, 0.1) is 12.8 Å². The number of carbonyl (C=O) groups excluding carboxylic acids is 1. The highest BCUT2D eigenvalue weighted by Gasteiger charge is 2.42. The minimum Gasteiger partial charge on any atom is -0.506 e. The van der Waals surface area contributed by atoms with E-state index in [9.17, 15) is 9.90 Å². The molecule has 1 amide bonds. The highest BCUT2D eigenvalue weighted by Crippen LogP contribution is 2.40. The van der Waals surface area contributed by atoms with E-state index in [1.807, 2.05) is 43.3 Å². The first-order valence-corrected chi connectivity index (χ1v) is 8.71. The zero-order valence-electron chi connectivity index (χ0n) is 14.8. The van der Waals surface area contributed by atoms with Crippen LogP contribution in [-0.2, 0) is 5.54 Å². The lowest BCUT2D eigenvalue weighted by atomic mass is 9.81. The molecular weight excluding hydrogens is 342 g/mol. The molecule has 27 heavy (non-hydrogen) atoms. The second-order valence-electron chi connectivity index (χ2n) is 6.58. The largest absolute Gasteiger partial charge is 0.506 e. The van der Waals surface area contributed by atoms with Crippen LogP contribution >= 0.6 is 0 Å². The molecular formula is C21H19N3O3. The third kappa shape index (κ3) is 3.10. The van der Waals surface area contributed by atoms with Crippen LogP contribution in [-0.4, -0.2) is 27.6 Å². The number of pyridine rings is 2. The lowest BCUT2D eigenvalue weighted by Crippen LogP contribution is -2.50. The maximum Gasteiger partial charge on any atom is 0.270 e. The number of aromatic hydroxyl groups is 1. The van der Waals surface area contributed by atoms with Gasteiger partial charge in [0, 0.05) is 12.6 Å². The van der Waals surface area contributed by atoms with Crippen molar-refractivity contribution in [2.75, 3.05) is 6.61 Å². The van der Waals surface area contributed by atoms with E-state index in [1.54, 1.807) is 6.20 Å². The van der Waals surface area contributed by atoms with Gasteiger partial charge >= 0.3 is 0 Å². The molecule has 0 radical (unpaired) electrons. The summed E-state index contributed by atoms with van der Waals surface area (Å²) in [5, 5.41) is 12.6. The molecule has 3 heterocycles. The smallest absolute Gasteiger partial charge is 0.270 e. The van der Waals surface area contributed by atoms with Crippen molar-refractivity contribution >= 4 is 5.91 Å². The maximum absolute atomic E-state index is 13.0. The second kappa shape index (κ2) is 6.72. The van der Waals surface area contributed by atoms with Gasteiger partial charge in [0.2, 0.25) is 0 Å². The van der Waals surface area contributed by atoms with E-state index in [2.05, 4.69) is 15.3 Å². The van der Waals surface area contributed by atoms with Crippen LogP contribution in [0.1, 0.15) is 33.7 Å². The summed E-state index contributed by atoms with van der Waals surface area (Å²) in [5.41, 5.74) is 2.15. The van der Waals surface area contributed by atoms with Crippen LogP contribution in [0.2, 0.25) is 0 Å². The van der Waals surface area contributed by atoms with Gasteiger partial charge in [0.25, 0.3) is 5.91 Å². The number of aromatic nitrogens is 2. The van der Waals surface area contributed by atoms with Gasteiger partial charge in [-0.3, -0.25) is 9.78 Å². The molecule has 0 unspecified atom stereocenters. The Morgan fingerprint density at radius 2 is 1.96 bits per heavy atom. The number of hydrogen-bond donors (Lipinski definition) is 2. The third-order valence-electron chi connectivity index (χ3n) is 4.76. The van der Waals surface area contributed by atoms with Crippen molar-refractivity contribution in [1.82, 2.24) is 15.3 Å². The van der Waals surface area contributed by atoms with Gasteiger partial charge in [-0.05, 0) is 36.8 Å². The Morgan fingerprint density at radius 1 is 1.15 bits per heavy atom. The summed E-state index contributed by atoms with van der Waals surface area (Å²) in [6.45, 7) is 2.47. The SMILES string of the molecule is Cc1ccc([C@@]2(NC(=O)c3ccc(O)cn3)CCOc3cccnc32)cc1. The molecule has 2 aromatic heterocycles. The number of fused-ring (bicyclic) bond motifs is 1. The summed E-state index contributed by atoms with van der Waals surface area (Å²) in [6, 6.07) is 14.6. The first kappa shape index (κ1) is 17.0. The van der Waals surface area contributed by atoms with Crippen molar-refractivity contribution < 1.29 is 14.6 Å². The summed E-state index contributed by atoms with van der Waals surface area (Å²) in [6.07, 6.45) is 3.49. The molecule has 1 aromatic carbocycles. The molecule has 6 heteroatoms. The number of benzene rings is 1. The highest BCUT2D eigenvalue weighted by molar-refractivity contribution is 5.93. The standard InChI is InChI=1S/C21H19N3O3/c1-14-4-6-15(7-5-14)21(10-12-27-18-3-2-11-22-19(18)21)24-20(26)17-9-8-16(25)13-23-17/h2-9,11,13,25H,10,12H2,1H3,(H,24,26)/t21-/m0/s1. The van der Waals surface area contributed by atoms with Gasteiger partial charge in [-0.2, -0.15) is 0 Å². The summed E-state index contributed by atoms with van der Waals surface area (Å²) >= 11 is 0. The first-order chi connectivity index (χ1) is 13.1. The average Bonchev–Trinajstić information content (AvgIpc) is 2.69. The van der Waals surface area contributed by atoms with E-state index in [-0.39, 0.29) is 17.4 Å². The number of amides is 1. The van der Waals surface area contributed by atoms with E-state index in [0.717, 1.165) is 11.1 Å². The Kier molecular flexibility index (Phi) is 4.24. The van der Waals surface area contributed by atoms with E-state index < -0.39 is 5.54 Å². The molecule has 0 saturated carbocycles. The van der Waals surface area contributed by atoms with Crippen LogP contribution in [0.25, 0.3) is 0 Å². The van der Waals surface area contributed by atoms with Crippen LogP contribution in [0.5, 0.6) is 11.5 Å². The number of nitrogens with one attached hydrogen (secondary N) is 1. The first-order valence-electron chi connectivity index (χ1n) is 8.71. The summed E-state index contributed by atoms with van der Waals surface area (Å²) < 4.78 is 5.76. The lowest BCUT2D eigenvalue weighted by molar-refractivity contribution is 0.0878. The predicted octanol–water partition coefficient (Wildman–Crippen LogP) is 2.95. The van der Waals surface area contributed by atoms with Gasteiger partial charge < -0.3 is 15.2 Å². The highest BCUT2D eigenvalue weighted by atomic mass is 16.5. The minimum absolute atomic E-state index is 0.0119. The summed E-state index contributed by atoms with van der Waals surface area (Å²) in [7, 11) is 0. The second-order valence-corrected chi connectivity index (χ2v) is 6.58. The lowest BCUT2D eigenvalue weighted by Gasteiger charge is -2.38. The Hall–Kier alpha value is -3.41. The van der Waals surface area contributed by atoms with Crippen molar-refractivity contribution in [2.45, 2.75) is 18.9 Å². The van der Waals surface area contributed by atoms with Crippen LogP contribution in [0.4, 0.5) is 0 Å². The number of hydrogen-bond acceptors (Lipinski definition) is 5. The normalized spacial score (nSPS) is 18.3. The van der Waals surface area contributed by atoms with E-state index in [1.165, 1.54) is 18.3 Å². The van der Waals surface area contributed by atoms with Gasteiger partial charge in [-0.1, -0.05) is 29.8 Å². The van der Waals surface area contributed by atoms with E-state index >= 15 is 0 Å². The van der Waals surface area contributed by atoms with Crippen LogP contribution < -0.4 is 10.1 Å². The van der Waals surface area contributed by atoms with Crippen molar-refractivity contribution in [3.8, 4) is 11.5 Å². The van der Waals surface area contributed by atoms with Crippen molar-refractivity contribution in [1.29, 1.82) is 0 Å².